The molecule has 59 heavy (non-hydrogen) atoms. The van der Waals surface area contributed by atoms with Crippen molar-refractivity contribution >= 4 is 40.6 Å². The largest absolute Gasteiger partial charge is 0.481 e. The molecule has 15 nitrogen and oxygen atoms in total. The highest BCUT2D eigenvalue weighted by Gasteiger charge is 2.30. The number of nitrogens with one attached hydrogen (secondary N) is 2. The van der Waals surface area contributed by atoms with E-state index in [9.17, 15) is 24.6 Å². The number of methoxy groups -OCH3 is 2. The fraction of sp³-hybridized carbons (Fsp3) is 0.405. The van der Waals surface area contributed by atoms with Gasteiger partial charge >= 0.3 is 5.97 Å². The van der Waals surface area contributed by atoms with E-state index in [4.69, 9.17) is 37.7 Å². The average Bonchev–Trinajstić information content (AvgIpc) is 3.81. The van der Waals surface area contributed by atoms with E-state index >= 15 is 0 Å². The van der Waals surface area contributed by atoms with Gasteiger partial charge in [-0.2, -0.15) is 5.10 Å². The summed E-state index contributed by atoms with van der Waals surface area (Å²) in [6.07, 6.45) is 0.452. The third-order valence-electron chi connectivity index (χ3n) is 9.92. The molecule has 3 atom stereocenters. The first kappa shape index (κ1) is 43.7. The monoisotopic (exact) mass is 849 g/mol. The molecular weight excluding hydrogens is 801 g/mol. The molecule has 4 heterocycles. The lowest BCUT2D eigenvalue weighted by molar-refractivity contribution is -0.242. The molecule has 5 aromatic rings. The molecule has 1 amide bonds. The lowest BCUT2D eigenvalue weighted by atomic mass is 9.97. The van der Waals surface area contributed by atoms with Crippen LogP contribution in [-0.4, -0.2) is 97.6 Å². The highest BCUT2D eigenvalue weighted by atomic mass is 35.5. The number of halogens is 2. The first-order chi connectivity index (χ1) is 28.1. The average molecular weight is 851 g/mol. The summed E-state index contributed by atoms with van der Waals surface area (Å²) in [5.41, 5.74) is 3.97. The predicted molar refractivity (Wildman–Crippen MR) is 224 cm³/mol. The van der Waals surface area contributed by atoms with Crippen LogP contribution in [0, 0.1) is 0 Å². The number of aliphatic hydroxyl groups is 2. The van der Waals surface area contributed by atoms with Gasteiger partial charge in [0, 0.05) is 78.7 Å². The molecular formula is C42H49Cl2N7O8. The summed E-state index contributed by atoms with van der Waals surface area (Å²) in [5.74, 6) is 0.210. The lowest BCUT2D eigenvalue weighted by Crippen LogP contribution is -2.47. The summed E-state index contributed by atoms with van der Waals surface area (Å²) < 4.78 is 19.2. The van der Waals surface area contributed by atoms with Gasteiger partial charge in [0.2, 0.25) is 18.2 Å². The van der Waals surface area contributed by atoms with Crippen LogP contribution < -0.4 is 20.9 Å². The molecule has 0 saturated carbocycles. The van der Waals surface area contributed by atoms with Crippen molar-refractivity contribution in [2.24, 2.45) is 7.05 Å². The smallest absolute Gasteiger partial charge is 0.308 e. The number of pyridine rings is 1. The van der Waals surface area contributed by atoms with Crippen molar-refractivity contribution in [1.82, 2.24) is 34.7 Å². The standard InChI is InChI=1S/C42H49Cl2N7O8/c1-42(2,3)59-41(56)50(23-26-14-16-35(53)46-26)21-24-13-15-32(47-39(24)58-6)31-12-8-11-30(38(31)44)29-10-7-9-28(37(29)43)25-17-33-40(55)49(4)34(48-51(33)22-25)20-45-19-27(52)18-36(54)57-5/h7-13,15,17,22,26-27,41,45,52,56H,14,16,18-21,23H2,1-6H3,(H,46,53)/t26-,27-,41?/m0/s1. The number of aromatic nitrogens is 4. The van der Waals surface area contributed by atoms with Crippen molar-refractivity contribution in [2.75, 3.05) is 27.3 Å². The van der Waals surface area contributed by atoms with Crippen LogP contribution in [0.3, 0.4) is 0 Å². The number of rotatable bonds is 16. The molecule has 314 valence electrons. The fourth-order valence-corrected chi connectivity index (χ4v) is 7.59. The Morgan fingerprint density at radius 1 is 1.03 bits per heavy atom. The molecule has 1 aliphatic heterocycles. The Hall–Kier alpha value is -4.87. The van der Waals surface area contributed by atoms with Gasteiger partial charge in [-0.15, -0.1) is 0 Å². The summed E-state index contributed by atoms with van der Waals surface area (Å²) in [4.78, 5) is 43.4. The zero-order chi connectivity index (χ0) is 42.6. The molecule has 0 bridgehead atoms. The molecule has 1 unspecified atom stereocenters. The van der Waals surface area contributed by atoms with Crippen molar-refractivity contribution in [1.29, 1.82) is 0 Å². The molecule has 2 aromatic carbocycles. The normalized spacial score (nSPS) is 15.4. The number of hydrogen-bond donors (Lipinski definition) is 4. The van der Waals surface area contributed by atoms with Gasteiger partial charge in [-0.3, -0.25) is 19.0 Å². The Labute approximate surface area is 351 Å². The maximum Gasteiger partial charge on any atom is 0.308 e. The van der Waals surface area contributed by atoms with Gasteiger partial charge in [-0.1, -0.05) is 65.7 Å². The Morgan fingerprint density at radius 2 is 1.71 bits per heavy atom. The number of ether oxygens (including phenoxy) is 3. The second kappa shape index (κ2) is 18.6. The van der Waals surface area contributed by atoms with Gasteiger partial charge in [0.05, 0.1) is 54.6 Å². The quantitative estimate of drug-likeness (QED) is 0.0778. The van der Waals surface area contributed by atoms with Gasteiger partial charge in [0.1, 0.15) is 11.3 Å². The van der Waals surface area contributed by atoms with E-state index < -0.39 is 24.1 Å². The van der Waals surface area contributed by atoms with E-state index in [1.54, 1.807) is 24.2 Å². The Morgan fingerprint density at radius 3 is 2.36 bits per heavy atom. The number of hydrogen-bond acceptors (Lipinski definition) is 12. The summed E-state index contributed by atoms with van der Waals surface area (Å²) >= 11 is 14.3. The molecule has 0 radical (unpaired) electrons. The fourth-order valence-electron chi connectivity index (χ4n) is 6.93. The molecule has 3 aromatic heterocycles. The van der Waals surface area contributed by atoms with Crippen molar-refractivity contribution in [3.8, 4) is 39.4 Å². The van der Waals surface area contributed by atoms with Crippen molar-refractivity contribution in [3.05, 3.63) is 92.6 Å². The number of aliphatic hydroxyl groups excluding tert-OH is 2. The third kappa shape index (κ3) is 10.3. The Balaban J connectivity index is 1.26. The van der Waals surface area contributed by atoms with Crippen molar-refractivity contribution in [2.45, 2.75) is 77.3 Å². The number of amides is 1. The van der Waals surface area contributed by atoms with E-state index in [1.165, 1.54) is 23.3 Å². The minimum atomic E-state index is -1.25. The Kier molecular flexibility index (Phi) is 13.8. The van der Waals surface area contributed by atoms with Crippen molar-refractivity contribution in [3.63, 3.8) is 0 Å². The van der Waals surface area contributed by atoms with Gasteiger partial charge in [-0.25, -0.2) is 14.4 Å². The summed E-state index contributed by atoms with van der Waals surface area (Å²) in [5, 5.41) is 32.7. The summed E-state index contributed by atoms with van der Waals surface area (Å²) in [6, 6.07) is 16.5. The van der Waals surface area contributed by atoms with E-state index in [0.717, 1.165) is 0 Å². The second-order valence-corrected chi connectivity index (χ2v) is 16.1. The van der Waals surface area contributed by atoms with Gasteiger partial charge in [0.15, 0.2) is 0 Å². The van der Waals surface area contributed by atoms with Gasteiger partial charge in [-0.05, 0) is 39.3 Å². The highest BCUT2D eigenvalue weighted by molar-refractivity contribution is 6.39. The van der Waals surface area contributed by atoms with Gasteiger partial charge in [0.25, 0.3) is 5.56 Å². The number of carbonyl (C=O) groups excluding carboxylic acids is 2. The van der Waals surface area contributed by atoms with Crippen LogP contribution in [0.2, 0.25) is 10.0 Å². The second-order valence-electron chi connectivity index (χ2n) is 15.4. The maximum absolute atomic E-state index is 13.4. The van der Waals surface area contributed by atoms with Crippen LogP contribution in [0.5, 0.6) is 5.88 Å². The predicted octanol–water partition coefficient (Wildman–Crippen LogP) is 4.93. The topological polar surface area (TPSA) is 182 Å². The van der Waals surface area contributed by atoms with Crippen LogP contribution >= 0.6 is 23.2 Å². The number of esters is 1. The number of nitrogens with zero attached hydrogens (tertiary/aromatic N) is 5. The number of benzene rings is 2. The van der Waals surface area contributed by atoms with E-state index in [0.29, 0.717) is 85.7 Å². The van der Waals surface area contributed by atoms with E-state index in [1.807, 2.05) is 69.3 Å². The van der Waals surface area contributed by atoms with Crippen molar-refractivity contribution < 1.29 is 34.0 Å². The SMILES string of the molecule is COC(=O)C[C@H](O)CNCc1nn2cc(-c3cccc(-c4cccc(-c5ccc(CN(C[C@@H]6CCC(=O)N6)C(O)OC(C)(C)C)c(OC)n5)c4Cl)c3Cl)cc2c(=O)n1C. The lowest BCUT2D eigenvalue weighted by Gasteiger charge is -2.34. The van der Waals surface area contributed by atoms with Crippen LogP contribution in [0.15, 0.2) is 65.6 Å². The highest BCUT2D eigenvalue weighted by Crippen LogP contribution is 2.42. The zero-order valence-corrected chi connectivity index (χ0v) is 35.3. The number of fused-ring (bicyclic) bond motifs is 1. The van der Waals surface area contributed by atoms with E-state index in [-0.39, 0.29) is 43.6 Å². The van der Waals surface area contributed by atoms with E-state index in [2.05, 4.69) is 20.5 Å². The molecule has 17 heteroatoms. The molecule has 1 fully saturated rings. The molecule has 0 spiro atoms. The Bertz CT molecular complexity index is 2400. The van der Waals surface area contributed by atoms with Crippen LogP contribution in [0.4, 0.5) is 0 Å². The van der Waals surface area contributed by atoms with Crippen LogP contribution in [0.1, 0.15) is 51.4 Å². The van der Waals surface area contributed by atoms with Crippen LogP contribution in [-0.2, 0) is 39.2 Å². The first-order valence-electron chi connectivity index (χ1n) is 19.1. The minimum absolute atomic E-state index is 0.0201. The summed E-state index contributed by atoms with van der Waals surface area (Å²) in [7, 11) is 4.40. The first-order valence-corrected chi connectivity index (χ1v) is 19.9. The molecule has 1 aliphatic rings. The van der Waals surface area contributed by atoms with Gasteiger partial charge < -0.3 is 35.1 Å². The molecule has 0 aliphatic carbocycles. The molecule has 6 rings (SSSR count). The summed E-state index contributed by atoms with van der Waals surface area (Å²) in [6.45, 7) is 6.43. The maximum atomic E-state index is 13.4. The molecule has 1 saturated heterocycles. The third-order valence-corrected chi connectivity index (χ3v) is 10.7. The zero-order valence-electron chi connectivity index (χ0n) is 33.8. The number of carbonyl (C=O) groups is 2. The minimum Gasteiger partial charge on any atom is -0.481 e. The van der Waals surface area contributed by atoms with Crippen LogP contribution in [0.25, 0.3) is 39.0 Å². The molecule has 4 N–H and O–H groups in total.